The number of hydrogen-bond donors (Lipinski definition) is 1. The van der Waals surface area contributed by atoms with E-state index < -0.39 is 0 Å². The lowest BCUT2D eigenvalue weighted by atomic mass is 9.32. The van der Waals surface area contributed by atoms with Crippen molar-refractivity contribution in [2.75, 3.05) is 6.61 Å². The highest BCUT2D eigenvalue weighted by atomic mass is 16.6. The van der Waals surface area contributed by atoms with Crippen molar-refractivity contribution in [3.05, 3.63) is 0 Å². The SMILES string of the molecule is CC1(C)[C@@H](O)CC[C@@]2(C)[C@H]1CC[C@]1(C)[C@H]2CC[C@@H]2[C@H]3[C@H]([C@@]4(C)CO4)CC[C@]3(C)CC[C@]21C. The first-order chi connectivity index (χ1) is 14.8. The molecule has 0 aromatic carbocycles. The molecule has 0 aromatic rings. The predicted molar refractivity (Wildman–Crippen MR) is 130 cm³/mol. The van der Waals surface area contributed by atoms with E-state index in [-0.39, 0.29) is 17.1 Å². The first kappa shape index (κ1) is 22.4. The highest BCUT2D eigenvalue weighted by Gasteiger charge is 2.71. The van der Waals surface area contributed by atoms with Crippen molar-refractivity contribution >= 4 is 0 Å². The number of epoxide rings is 1. The number of aliphatic hydroxyl groups excluding tert-OH is 1. The van der Waals surface area contributed by atoms with Gasteiger partial charge in [-0.25, -0.2) is 0 Å². The predicted octanol–water partition coefficient (Wildman–Crippen LogP) is 7.24. The third-order valence-electron chi connectivity index (χ3n) is 14.2. The van der Waals surface area contributed by atoms with Crippen LogP contribution in [0.1, 0.15) is 113 Å². The summed E-state index contributed by atoms with van der Waals surface area (Å²) in [6.45, 7) is 19.0. The van der Waals surface area contributed by atoms with Crippen molar-refractivity contribution in [1.82, 2.24) is 0 Å². The molecule has 2 heteroatoms. The van der Waals surface area contributed by atoms with Crippen LogP contribution in [-0.4, -0.2) is 23.4 Å². The quantitative estimate of drug-likeness (QED) is 0.434. The molecule has 1 saturated heterocycles. The molecule has 1 heterocycles. The molecule has 0 radical (unpaired) electrons. The van der Waals surface area contributed by atoms with Gasteiger partial charge >= 0.3 is 0 Å². The Morgan fingerprint density at radius 3 is 2.06 bits per heavy atom. The van der Waals surface area contributed by atoms with Gasteiger partial charge < -0.3 is 9.84 Å². The number of aliphatic hydroxyl groups is 1. The van der Waals surface area contributed by atoms with Crippen molar-refractivity contribution < 1.29 is 9.84 Å². The van der Waals surface area contributed by atoms with Gasteiger partial charge in [0.2, 0.25) is 0 Å². The van der Waals surface area contributed by atoms with Crippen LogP contribution in [0.3, 0.4) is 0 Å². The van der Waals surface area contributed by atoms with Crippen LogP contribution in [-0.2, 0) is 4.74 Å². The molecule has 2 nitrogen and oxygen atoms in total. The standard InChI is InChI=1S/C30H50O2/c1-25(2)21-11-15-29(6)22(27(21,4)14-12-23(25)31)9-8-19-24-20(30(7)18-32-30)10-13-26(24,3)16-17-28(19,29)5/h19-24,31H,8-18H2,1-7H3/t19-,20-,21+,22+,23+,24+,26-,27+,28-,29-,30-/m1/s1. The first-order valence-electron chi connectivity index (χ1n) is 14.1. The monoisotopic (exact) mass is 442 g/mol. The molecule has 0 amide bonds. The van der Waals surface area contributed by atoms with Crippen LogP contribution >= 0.6 is 0 Å². The molecule has 5 saturated carbocycles. The normalized spacial score (nSPS) is 63.0. The molecule has 1 N–H and O–H groups in total. The van der Waals surface area contributed by atoms with Crippen LogP contribution in [0.5, 0.6) is 0 Å². The zero-order valence-corrected chi connectivity index (χ0v) is 22.1. The van der Waals surface area contributed by atoms with E-state index >= 15 is 0 Å². The average Bonchev–Trinajstić information content (AvgIpc) is 3.36. The Morgan fingerprint density at radius 2 is 1.38 bits per heavy atom. The van der Waals surface area contributed by atoms with Gasteiger partial charge in [0.1, 0.15) is 0 Å². The third-order valence-corrected chi connectivity index (χ3v) is 14.2. The Hall–Kier alpha value is -0.0800. The van der Waals surface area contributed by atoms with E-state index in [0.29, 0.717) is 27.6 Å². The van der Waals surface area contributed by atoms with E-state index in [9.17, 15) is 5.11 Å². The van der Waals surface area contributed by atoms with Gasteiger partial charge in [-0.2, -0.15) is 0 Å². The van der Waals surface area contributed by atoms with Gasteiger partial charge in [0.05, 0.1) is 18.3 Å². The van der Waals surface area contributed by atoms with E-state index in [1.54, 1.807) is 0 Å². The van der Waals surface area contributed by atoms with Crippen LogP contribution in [0.4, 0.5) is 0 Å². The molecule has 5 aliphatic carbocycles. The van der Waals surface area contributed by atoms with Gasteiger partial charge in [-0.3, -0.25) is 0 Å². The van der Waals surface area contributed by atoms with E-state index in [2.05, 4.69) is 48.5 Å². The van der Waals surface area contributed by atoms with Crippen molar-refractivity contribution in [3.8, 4) is 0 Å². The molecule has 0 aromatic heterocycles. The molecule has 0 bridgehead atoms. The van der Waals surface area contributed by atoms with Crippen molar-refractivity contribution in [2.24, 2.45) is 56.7 Å². The minimum Gasteiger partial charge on any atom is -0.393 e. The topological polar surface area (TPSA) is 32.8 Å². The van der Waals surface area contributed by atoms with Crippen molar-refractivity contribution in [1.29, 1.82) is 0 Å². The Bertz CT molecular complexity index is 799. The Labute approximate surface area is 197 Å². The minimum atomic E-state index is -0.120. The Kier molecular flexibility index (Phi) is 4.46. The first-order valence-corrected chi connectivity index (χ1v) is 14.1. The number of hydrogen-bond acceptors (Lipinski definition) is 2. The second-order valence-electron chi connectivity index (χ2n) is 15.5. The van der Waals surface area contributed by atoms with Crippen LogP contribution in [0.25, 0.3) is 0 Å². The summed E-state index contributed by atoms with van der Waals surface area (Å²) in [6.07, 6.45) is 13.4. The van der Waals surface area contributed by atoms with Crippen molar-refractivity contribution in [3.63, 3.8) is 0 Å². The average molecular weight is 443 g/mol. The highest BCUT2D eigenvalue weighted by Crippen LogP contribution is 2.78. The molecule has 32 heavy (non-hydrogen) atoms. The number of rotatable bonds is 1. The highest BCUT2D eigenvalue weighted by molar-refractivity contribution is 5.20. The van der Waals surface area contributed by atoms with E-state index in [0.717, 1.165) is 36.7 Å². The largest absolute Gasteiger partial charge is 0.393 e. The summed E-state index contributed by atoms with van der Waals surface area (Å²) in [4.78, 5) is 0. The lowest BCUT2D eigenvalue weighted by Gasteiger charge is -2.73. The van der Waals surface area contributed by atoms with Crippen LogP contribution < -0.4 is 0 Å². The summed E-state index contributed by atoms with van der Waals surface area (Å²) in [5.41, 5.74) is 2.09. The second kappa shape index (κ2) is 6.37. The van der Waals surface area contributed by atoms with Gasteiger partial charge in [0.15, 0.2) is 0 Å². The third kappa shape index (κ3) is 2.51. The molecular weight excluding hydrogens is 392 g/mol. The maximum Gasteiger partial charge on any atom is 0.0919 e. The number of ether oxygens (including phenoxy) is 1. The van der Waals surface area contributed by atoms with Gasteiger partial charge in [0, 0.05) is 0 Å². The summed E-state index contributed by atoms with van der Waals surface area (Å²) in [6, 6.07) is 0. The minimum absolute atomic E-state index is 0.0612. The fourth-order valence-electron chi connectivity index (χ4n) is 11.9. The fourth-order valence-corrected chi connectivity index (χ4v) is 11.9. The second-order valence-corrected chi connectivity index (χ2v) is 15.5. The van der Waals surface area contributed by atoms with Crippen LogP contribution in [0.2, 0.25) is 0 Å². The molecule has 6 aliphatic rings. The van der Waals surface area contributed by atoms with Gasteiger partial charge in [-0.15, -0.1) is 0 Å². The summed E-state index contributed by atoms with van der Waals surface area (Å²) in [5, 5.41) is 10.9. The maximum absolute atomic E-state index is 10.9. The van der Waals surface area contributed by atoms with Crippen molar-refractivity contribution in [2.45, 2.75) is 124 Å². The van der Waals surface area contributed by atoms with Gasteiger partial charge in [0.25, 0.3) is 0 Å². The number of fused-ring (bicyclic) bond motifs is 7. The van der Waals surface area contributed by atoms with Crippen LogP contribution in [0, 0.1) is 56.7 Å². The maximum atomic E-state index is 10.9. The Morgan fingerprint density at radius 1 is 0.656 bits per heavy atom. The Balaban J connectivity index is 1.39. The molecule has 6 rings (SSSR count). The summed E-state index contributed by atoms with van der Waals surface area (Å²) in [5.74, 6) is 4.01. The summed E-state index contributed by atoms with van der Waals surface area (Å²) >= 11 is 0. The molecule has 6 fully saturated rings. The van der Waals surface area contributed by atoms with Crippen LogP contribution in [0.15, 0.2) is 0 Å². The van der Waals surface area contributed by atoms with Gasteiger partial charge in [-0.05, 0) is 128 Å². The van der Waals surface area contributed by atoms with E-state index in [1.807, 2.05) is 0 Å². The van der Waals surface area contributed by atoms with E-state index in [1.165, 1.54) is 57.8 Å². The molecular formula is C30H50O2. The smallest absolute Gasteiger partial charge is 0.0919 e. The van der Waals surface area contributed by atoms with Gasteiger partial charge in [-0.1, -0.05) is 41.5 Å². The molecule has 0 spiro atoms. The molecule has 11 atom stereocenters. The molecule has 182 valence electrons. The summed E-state index contributed by atoms with van der Waals surface area (Å²) < 4.78 is 6.11. The summed E-state index contributed by atoms with van der Waals surface area (Å²) in [7, 11) is 0. The fraction of sp³-hybridized carbons (Fsp3) is 1.00. The van der Waals surface area contributed by atoms with E-state index in [4.69, 9.17) is 4.74 Å². The zero-order chi connectivity index (χ0) is 22.9. The molecule has 0 unspecified atom stereocenters. The zero-order valence-electron chi connectivity index (χ0n) is 22.1. The lowest BCUT2D eigenvalue weighted by Crippen LogP contribution is -2.66. The molecule has 1 aliphatic heterocycles. The lowest BCUT2D eigenvalue weighted by molar-refractivity contribution is -0.248.